The van der Waals surface area contributed by atoms with E-state index in [4.69, 9.17) is 0 Å². The first-order valence-corrected chi connectivity index (χ1v) is 9.83. The van der Waals surface area contributed by atoms with Crippen molar-refractivity contribution in [3.05, 3.63) is 35.5 Å². The molecular weight excluding hydrogens is 363 g/mol. The Balaban J connectivity index is 1.90. The van der Waals surface area contributed by atoms with E-state index >= 15 is 4.39 Å². The zero-order valence-electron chi connectivity index (χ0n) is 16.4. The van der Waals surface area contributed by atoms with Crippen LogP contribution in [0.25, 0.3) is 0 Å². The lowest BCUT2D eigenvalue weighted by atomic mass is 9.45. The summed E-state index contributed by atoms with van der Waals surface area (Å²) in [5.74, 6) is -1.98. The van der Waals surface area contributed by atoms with Crippen molar-refractivity contribution < 1.29 is 29.3 Å². The number of fused-ring (bicyclic) bond motifs is 5. The highest BCUT2D eigenvalue weighted by Gasteiger charge is 2.73. The van der Waals surface area contributed by atoms with Gasteiger partial charge in [0.05, 0.1) is 6.10 Å². The van der Waals surface area contributed by atoms with Crippen molar-refractivity contribution in [2.45, 2.75) is 57.4 Å². The molecule has 2 saturated carbocycles. The number of carbonyl (C=O) groups is 2. The van der Waals surface area contributed by atoms with Crippen LogP contribution in [0, 0.1) is 22.7 Å². The summed E-state index contributed by atoms with van der Waals surface area (Å²) < 4.78 is 16.9. The monoisotopic (exact) mass is 390 g/mol. The Hall–Kier alpha value is -1.63. The minimum absolute atomic E-state index is 0.0928. The molecule has 4 aliphatic rings. The van der Waals surface area contributed by atoms with Crippen molar-refractivity contribution in [3.8, 4) is 0 Å². The molecule has 4 aliphatic carbocycles. The van der Waals surface area contributed by atoms with Crippen LogP contribution < -0.4 is 0 Å². The Morgan fingerprint density at radius 2 is 2.04 bits per heavy atom. The van der Waals surface area contributed by atoms with Crippen molar-refractivity contribution in [2.75, 3.05) is 6.61 Å². The molecule has 7 atom stereocenters. The van der Waals surface area contributed by atoms with E-state index in [-0.39, 0.29) is 24.5 Å². The van der Waals surface area contributed by atoms with Gasteiger partial charge in [-0.1, -0.05) is 24.6 Å². The van der Waals surface area contributed by atoms with Crippen LogP contribution in [0.4, 0.5) is 4.39 Å². The Bertz CT molecular complexity index is 859. The molecule has 152 valence electrons. The Morgan fingerprint density at radius 1 is 1.36 bits per heavy atom. The predicted molar refractivity (Wildman–Crippen MR) is 99.9 cm³/mol. The van der Waals surface area contributed by atoms with Crippen LogP contribution in [0.15, 0.2) is 35.5 Å². The number of hydrogen-bond acceptors (Lipinski definition) is 5. The number of halogens is 1. The van der Waals surface area contributed by atoms with Gasteiger partial charge in [0, 0.05) is 16.7 Å². The average molecular weight is 390 g/mol. The summed E-state index contributed by atoms with van der Waals surface area (Å²) in [6.45, 7) is 4.47. The van der Waals surface area contributed by atoms with E-state index in [1.54, 1.807) is 26.0 Å². The molecular formula is C22H27FO5. The molecule has 2 fully saturated rings. The third kappa shape index (κ3) is 2.01. The number of aliphatic hydroxyl groups excluding tert-OH is 2. The van der Waals surface area contributed by atoms with Crippen molar-refractivity contribution in [1.29, 1.82) is 0 Å². The first kappa shape index (κ1) is 19.7. The van der Waals surface area contributed by atoms with Crippen LogP contribution in [-0.2, 0) is 9.59 Å². The maximum absolute atomic E-state index is 16.9. The molecule has 0 spiro atoms. The molecule has 0 aromatic heterocycles. The highest BCUT2D eigenvalue weighted by atomic mass is 19.1. The summed E-state index contributed by atoms with van der Waals surface area (Å²) in [6, 6.07) is 0. The van der Waals surface area contributed by atoms with E-state index in [0.29, 0.717) is 12.0 Å². The van der Waals surface area contributed by atoms with Gasteiger partial charge in [0.2, 0.25) is 0 Å². The number of hydrogen-bond donors (Lipinski definition) is 3. The van der Waals surface area contributed by atoms with Gasteiger partial charge in [-0.2, -0.15) is 0 Å². The Kier molecular flexibility index (Phi) is 4.01. The summed E-state index contributed by atoms with van der Waals surface area (Å²) >= 11 is 0. The molecule has 3 N–H and O–H groups in total. The van der Waals surface area contributed by atoms with Gasteiger partial charge in [0.15, 0.2) is 17.2 Å². The molecule has 0 radical (unpaired) electrons. The quantitative estimate of drug-likeness (QED) is 0.669. The highest BCUT2D eigenvalue weighted by Crippen LogP contribution is 2.69. The lowest BCUT2D eigenvalue weighted by Gasteiger charge is -2.61. The second-order valence-electron chi connectivity index (χ2n) is 9.36. The molecule has 0 amide bonds. The smallest absolute Gasteiger partial charge is 0.190 e. The summed E-state index contributed by atoms with van der Waals surface area (Å²) in [6.07, 6.45) is 5.12. The fraction of sp³-hybridized carbons (Fsp3) is 0.636. The van der Waals surface area contributed by atoms with Crippen LogP contribution in [0.3, 0.4) is 0 Å². The van der Waals surface area contributed by atoms with E-state index in [9.17, 15) is 24.9 Å². The van der Waals surface area contributed by atoms with E-state index in [1.165, 1.54) is 12.2 Å². The maximum atomic E-state index is 16.9. The molecule has 0 aliphatic heterocycles. The average Bonchev–Trinajstić information content (AvgIpc) is 2.91. The molecule has 0 bridgehead atoms. The zero-order valence-corrected chi connectivity index (χ0v) is 16.4. The van der Waals surface area contributed by atoms with Gasteiger partial charge < -0.3 is 15.3 Å². The Labute approximate surface area is 163 Å². The van der Waals surface area contributed by atoms with E-state index in [2.05, 4.69) is 0 Å². The summed E-state index contributed by atoms with van der Waals surface area (Å²) in [4.78, 5) is 24.3. The van der Waals surface area contributed by atoms with Gasteiger partial charge in [-0.3, -0.25) is 9.59 Å². The molecule has 0 heterocycles. The molecule has 0 aromatic rings. The van der Waals surface area contributed by atoms with Gasteiger partial charge in [0.1, 0.15) is 12.2 Å². The van der Waals surface area contributed by atoms with E-state index in [1.807, 2.05) is 6.92 Å². The van der Waals surface area contributed by atoms with Gasteiger partial charge in [-0.05, 0) is 56.8 Å². The fourth-order valence-electron chi connectivity index (χ4n) is 6.65. The van der Waals surface area contributed by atoms with Crippen LogP contribution in [-0.4, -0.2) is 50.9 Å². The van der Waals surface area contributed by atoms with Crippen molar-refractivity contribution in [3.63, 3.8) is 0 Å². The SMILES string of the molecule is CC1=C[C@H]2[C@@H]3CC[C@](O)(C(=O)CO)[C@@]3(C)CC(O)[C@]2(F)[C@@]2(C)C=CC(=O)C=C12. The number of Topliss-reactive ketones (excluding diaryl/α,β-unsaturated/α-hetero) is 1. The number of rotatable bonds is 2. The Morgan fingerprint density at radius 3 is 2.68 bits per heavy atom. The molecule has 0 saturated heterocycles. The van der Waals surface area contributed by atoms with Crippen molar-refractivity contribution in [2.24, 2.45) is 22.7 Å². The summed E-state index contributed by atoms with van der Waals surface area (Å²) in [5, 5.41) is 31.6. The number of allylic oxidation sites excluding steroid dienone is 6. The first-order valence-electron chi connectivity index (χ1n) is 9.83. The second-order valence-corrected chi connectivity index (χ2v) is 9.36. The first-order chi connectivity index (χ1) is 13.0. The standard InChI is InChI=1S/C22H27FO5/c1-12-8-16-14-5-7-21(28,18(27)11-24)20(14,3)10-17(26)22(16,23)19(2)6-4-13(25)9-15(12)19/h4,6,8-9,14,16-17,24,26,28H,5,7,10-11H2,1-3H3/t14-,16-,17?,19-,20-,21-,22-/m0/s1. The van der Waals surface area contributed by atoms with Crippen molar-refractivity contribution >= 4 is 11.6 Å². The number of aliphatic hydroxyl groups is 3. The van der Waals surface area contributed by atoms with Gasteiger partial charge in [-0.25, -0.2) is 4.39 Å². The third-order valence-corrected chi connectivity index (χ3v) is 8.28. The molecule has 6 heteroatoms. The molecule has 0 aromatic carbocycles. The molecule has 5 nitrogen and oxygen atoms in total. The largest absolute Gasteiger partial charge is 0.390 e. The number of carbonyl (C=O) groups excluding carboxylic acids is 2. The normalized spacial score (nSPS) is 49.7. The van der Waals surface area contributed by atoms with Gasteiger partial charge in [0.25, 0.3) is 0 Å². The van der Waals surface area contributed by atoms with E-state index in [0.717, 1.165) is 5.57 Å². The maximum Gasteiger partial charge on any atom is 0.190 e. The fourth-order valence-corrected chi connectivity index (χ4v) is 6.65. The minimum Gasteiger partial charge on any atom is -0.390 e. The van der Waals surface area contributed by atoms with Gasteiger partial charge >= 0.3 is 0 Å². The second kappa shape index (κ2) is 5.71. The minimum atomic E-state index is -2.06. The van der Waals surface area contributed by atoms with E-state index < -0.39 is 46.5 Å². The summed E-state index contributed by atoms with van der Waals surface area (Å²) in [7, 11) is 0. The predicted octanol–water partition coefficient (Wildman–Crippen LogP) is 1.82. The summed E-state index contributed by atoms with van der Waals surface area (Å²) in [5.41, 5.74) is -4.72. The number of alkyl halides is 1. The highest BCUT2D eigenvalue weighted by molar-refractivity contribution is 6.02. The lowest BCUT2D eigenvalue weighted by molar-refractivity contribution is -0.202. The topological polar surface area (TPSA) is 94.8 Å². The third-order valence-electron chi connectivity index (χ3n) is 8.28. The lowest BCUT2D eigenvalue weighted by Crippen LogP contribution is -2.68. The van der Waals surface area contributed by atoms with Gasteiger partial charge in [-0.15, -0.1) is 0 Å². The van der Waals surface area contributed by atoms with Crippen LogP contribution in [0.5, 0.6) is 0 Å². The number of ketones is 2. The van der Waals surface area contributed by atoms with Crippen LogP contribution in [0.1, 0.15) is 40.0 Å². The molecule has 4 rings (SSSR count). The van der Waals surface area contributed by atoms with Crippen LogP contribution >= 0.6 is 0 Å². The van der Waals surface area contributed by atoms with Crippen molar-refractivity contribution in [1.82, 2.24) is 0 Å². The van der Waals surface area contributed by atoms with Crippen LogP contribution in [0.2, 0.25) is 0 Å². The molecule has 28 heavy (non-hydrogen) atoms. The molecule has 1 unspecified atom stereocenters. The zero-order chi connectivity index (χ0) is 20.7.